The molecule has 7 aromatic rings. The van der Waals surface area contributed by atoms with E-state index in [1.165, 1.54) is 5.39 Å². The van der Waals surface area contributed by atoms with Gasteiger partial charge in [-0.25, -0.2) is 9.97 Å². The van der Waals surface area contributed by atoms with Crippen LogP contribution in [0.2, 0.25) is 0 Å². The zero-order valence-electron chi connectivity index (χ0n) is 67.8. The molecule has 0 aliphatic carbocycles. The van der Waals surface area contributed by atoms with Crippen molar-refractivity contribution >= 4 is 78.3 Å². The van der Waals surface area contributed by atoms with Crippen molar-refractivity contribution in [1.29, 1.82) is 5.26 Å². The van der Waals surface area contributed by atoms with Gasteiger partial charge in [-0.3, -0.25) is 0 Å². The van der Waals surface area contributed by atoms with Gasteiger partial charge in [0.15, 0.2) is 0 Å². The maximum Gasteiger partial charge on any atom is 0.137 e. The lowest BCUT2D eigenvalue weighted by Crippen LogP contribution is -2.37. The van der Waals surface area contributed by atoms with Crippen molar-refractivity contribution in [2.45, 2.75) is 310 Å². The van der Waals surface area contributed by atoms with Crippen LogP contribution in [0, 0.1) is 20.6 Å². The van der Waals surface area contributed by atoms with Crippen molar-refractivity contribution in [2.24, 2.45) is 0 Å². The molecule has 0 radical (unpaired) electrons. The number of fused-ring (bicyclic) bond motifs is 3. The number of thiazole rings is 2. The molecule has 0 bridgehead atoms. The van der Waals surface area contributed by atoms with Crippen molar-refractivity contribution in [3.8, 4) is 17.6 Å². The molecule has 4 aliphatic rings. The first-order chi connectivity index (χ1) is 49.1. The number of rotatable bonds is 18. The summed E-state index contributed by atoms with van der Waals surface area (Å²) in [7, 11) is 3.32. The lowest BCUT2D eigenvalue weighted by Gasteiger charge is -2.29. The minimum Gasteiger partial charge on any atom is -0.496 e. The first kappa shape index (κ1) is 86.6. The minimum absolute atomic E-state index is 0.0245. The molecule has 8 heterocycles. The molecular formula is C83H121N5O14S4. The number of nitrogens with zero attached hydrogens (tertiary/aromatic N) is 5. The largest absolute Gasteiger partial charge is 0.496 e. The number of hydrogen-bond donors (Lipinski definition) is 0. The molecule has 0 saturated carbocycles. The van der Waals surface area contributed by atoms with Gasteiger partial charge in [-0.1, -0.05) is 54.8 Å². The minimum atomic E-state index is -0.266. The Morgan fingerprint density at radius 2 is 0.774 bits per heavy atom. The van der Waals surface area contributed by atoms with Crippen molar-refractivity contribution in [3.63, 3.8) is 0 Å². The molecule has 4 aliphatic heterocycles. The van der Waals surface area contributed by atoms with Gasteiger partial charge in [0.1, 0.15) is 57.7 Å². The van der Waals surface area contributed by atoms with Crippen LogP contribution >= 0.6 is 47.1 Å². The molecule has 0 spiro atoms. The van der Waals surface area contributed by atoms with Gasteiger partial charge < -0.3 is 75.5 Å². The quantitative estimate of drug-likeness (QED) is 0.0737. The molecule has 19 nitrogen and oxygen atoms in total. The van der Waals surface area contributed by atoms with Crippen molar-refractivity contribution in [3.05, 3.63) is 116 Å². The van der Waals surface area contributed by atoms with E-state index in [0.717, 1.165) is 77.7 Å². The zero-order valence-corrected chi connectivity index (χ0v) is 71.1. The maximum atomic E-state index is 9.10. The molecule has 4 fully saturated rings. The Morgan fingerprint density at radius 3 is 1.12 bits per heavy atom. The second kappa shape index (κ2) is 35.6. The lowest BCUT2D eigenvalue weighted by atomic mass is 9.99. The molecule has 11 rings (SSSR count). The Kier molecular flexibility index (Phi) is 29.1. The summed E-state index contributed by atoms with van der Waals surface area (Å²) >= 11 is 14.5. The van der Waals surface area contributed by atoms with E-state index < -0.39 is 0 Å². The van der Waals surface area contributed by atoms with Crippen LogP contribution in [0.5, 0.6) is 11.5 Å². The standard InChI is InChI=1S/C24H34O4.C21H31NO4.2C19H28N2O3S2/c1-23(2,3)26-15-22-21(28-24(4,5)6)14-20(27-22)18-12-16-10-8-9-11-17(16)13-19(18)25-7;1-20(2,3)24-13-19-18(26-21(4,5)6)11-17(25-19)15-9-8-14(12-22)10-16(15)23-7;2*1-18(2,3)22-10-14-13(24-19(4,5)6)9-15(23-14)21-8-7-12-16(17(21)25)26-11-20-12/h8-13,20-22H,14-15H2,1-7H3;8-10,17-19H,11,13H2,1-7H3;2*7-8,11,13-15H,9-10H2,1-6H3/t20-,21-,22-;17-,18-,19-;2*13?,14-,15+/m1111/s1. The van der Waals surface area contributed by atoms with Crippen LogP contribution in [0.15, 0.2) is 90.1 Å². The average molecular weight is 1540 g/mol. The number of aromatic nitrogens is 4. The van der Waals surface area contributed by atoms with Gasteiger partial charge in [-0.05, 0) is 213 Å². The molecule has 3 aromatic carbocycles. The van der Waals surface area contributed by atoms with E-state index in [4.69, 9.17) is 96.0 Å². The van der Waals surface area contributed by atoms with E-state index in [-0.39, 0.29) is 118 Å². The molecule has 2 unspecified atom stereocenters. The third kappa shape index (κ3) is 26.1. The number of nitriles is 1. The number of pyridine rings is 2. The smallest absolute Gasteiger partial charge is 0.137 e. The summed E-state index contributed by atoms with van der Waals surface area (Å²) in [5, 5.41) is 11.4. The second-order valence-corrected chi connectivity index (χ2v) is 38.0. The first-order valence-electron chi connectivity index (χ1n) is 37.1. The van der Waals surface area contributed by atoms with Crippen molar-refractivity contribution in [1.82, 2.24) is 19.1 Å². The van der Waals surface area contributed by atoms with E-state index in [0.29, 0.717) is 37.7 Å². The van der Waals surface area contributed by atoms with Gasteiger partial charge in [0.2, 0.25) is 0 Å². The van der Waals surface area contributed by atoms with Gasteiger partial charge in [-0.15, -0.1) is 22.7 Å². The van der Waals surface area contributed by atoms with Crippen LogP contribution in [0.4, 0.5) is 0 Å². The Morgan fingerprint density at radius 1 is 0.434 bits per heavy atom. The molecule has 12 atom stereocenters. The molecule has 4 aromatic heterocycles. The molecule has 0 amide bonds. The zero-order chi connectivity index (χ0) is 78.3. The highest BCUT2D eigenvalue weighted by atomic mass is 32.1. The fourth-order valence-electron chi connectivity index (χ4n) is 12.7. The lowest BCUT2D eigenvalue weighted by molar-refractivity contribution is -0.132. The van der Waals surface area contributed by atoms with E-state index in [1.807, 2.05) is 140 Å². The van der Waals surface area contributed by atoms with Crippen LogP contribution in [-0.4, -0.2) is 153 Å². The third-order valence-corrected chi connectivity index (χ3v) is 19.9. The molecule has 586 valence electrons. The highest BCUT2D eigenvalue weighted by Crippen LogP contribution is 2.45. The highest BCUT2D eigenvalue weighted by Gasteiger charge is 2.45. The van der Waals surface area contributed by atoms with E-state index in [2.05, 4.69) is 129 Å². The summed E-state index contributed by atoms with van der Waals surface area (Å²) in [6.07, 6.45) is 5.68. The summed E-state index contributed by atoms with van der Waals surface area (Å²) < 4.78 is 93.3. The van der Waals surface area contributed by atoms with Gasteiger partial charge in [0, 0.05) is 49.2 Å². The van der Waals surface area contributed by atoms with Crippen molar-refractivity contribution in [2.75, 3.05) is 40.6 Å². The molecule has 106 heavy (non-hydrogen) atoms. The average Bonchev–Trinajstić information content (AvgIpc) is 1.65. The SMILES string of the molecule is CC(C)(C)OC[C@H]1O[C@H](n2ccc3ncsc3c2=S)CC1OC(C)(C)C.CC(C)(C)OC[C@H]1O[C@H](n2ccc3ncsc3c2=S)CC1OC(C)(C)C.COc1cc(C#N)ccc1[C@H]1C[C@@H](OC(C)(C)C)[C@@H](COC(C)(C)C)O1.COc1cc2ccccc2cc1[C@H]1C[C@@H](OC(C)(C)C)[C@@H](COC(C)(C)C)O1. The summed E-state index contributed by atoms with van der Waals surface area (Å²) in [5.41, 5.74) is 6.22. The maximum absolute atomic E-state index is 9.10. The van der Waals surface area contributed by atoms with Crippen LogP contribution in [-0.2, 0) is 56.8 Å². The van der Waals surface area contributed by atoms with Crippen LogP contribution in [0.25, 0.3) is 31.2 Å². The van der Waals surface area contributed by atoms with E-state index in [1.54, 1.807) is 49.0 Å². The molecule has 0 N–H and O–H groups in total. The van der Waals surface area contributed by atoms with Gasteiger partial charge in [-0.2, -0.15) is 5.26 Å². The number of benzene rings is 3. The monoisotopic (exact) mass is 1540 g/mol. The summed E-state index contributed by atoms with van der Waals surface area (Å²) in [6.45, 7) is 51.3. The second-order valence-electron chi connectivity index (χ2n) is 35.5. The topological polar surface area (TPSA) is 189 Å². The summed E-state index contributed by atoms with van der Waals surface area (Å²) in [5.74, 6) is 1.52. The molecular weight excluding hydrogens is 1420 g/mol. The normalized spacial score (nSPS) is 24.0. The third-order valence-electron chi connectivity index (χ3n) is 17.1. The fraction of sp³-hybridized carbons (Fsp3) is 0.651. The number of methoxy groups -OCH3 is 2. The Balaban J connectivity index is 0.000000179. The predicted molar refractivity (Wildman–Crippen MR) is 428 cm³/mol. The summed E-state index contributed by atoms with van der Waals surface area (Å²) in [6, 6.07) is 24.2. The Labute approximate surface area is 649 Å². The first-order valence-corrected chi connectivity index (χ1v) is 39.6. The van der Waals surface area contributed by atoms with Crippen LogP contribution in [0.1, 0.15) is 233 Å². The van der Waals surface area contributed by atoms with Crippen LogP contribution in [0.3, 0.4) is 0 Å². The highest BCUT2D eigenvalue weighted by molar-refractivity contribution is 7.72. The van der Waals surface area contributed by atoms with Gasteiger partial charge >= 0.3 is 0 Å². The van der Waals surface area contributed by atoms with E-state index >= 15 is 0 Å². The Bertz CT molecular complexity index is 4010. The number of hydrogen-bond acceptors (Lipinski definition) is 21. The van der Waals surface area contributed by atoms with Crippen molar-refractivity contribution < 1.29 is 66.3 Å². The molecule has 4 saturated heterocycles. The predicted octanol–water partition coefficient (Wildman–Crippen LogP) is 20.3. The Hall–Kier alpha value is -4.95. The summed E-state index contributed by atoms with van der Waals surface area (Å²) in [4.78, 5) is 8.67. The van der Waals surface area contributed by atoms with Crippen LogP contribution < -0.4 is 9.47 Å². The molecule has 23 heteroatoms. The van der Waals surface area contributed by atoms with Gasteiger partial charge in [0.05, 0.1) is 165 Å². The van der Waals surface area contributed by atoms with Gasteiger partial charge in [0.25, 0.3) is 0 Å². The fourth-order valence-corrected chi connectivity index (χ4v) is 15.0. The number of ether oxygens (including phenoxy) is 14. The van der Waals surface area contributed by atoms with E-state index in [9.17, 15) is 0 Å².